The van der Waals surface area contributed by atoms with Gasteiger partial charge in [-0.25, -0.2) is 5.43 Å². The van der Waals surface area contributed by atoms with Gasteiger partial charge in [0.1, 0.15) is 11.8 Å². The quantitative estimate of drug-likeness (QED) is 0.673. The summed E-state index contributed by atoms with van der Waals surface area (Å²) < 4.78 is 6.36. The zero-order chi connectivity index (χ0) is 12.3. The van der Waals surface area contributed by atoms with Crippen molar-refractivity contribution in [3.8, 4) is 0 Å². The Morgan fingerprint density at radius 1 is 1.29 bits per heavy atom. The SMILES string of the molecule is CCc1ccc(C(NN)c2occc2Br)cc1. The topological polar surface area (TPSA) is 51.2 Å². The highest BCUT2D eigenvalue weighted by Gasteiger charge is 2.18. The fourth-order valence-electron chi connectivity index (χ4n) is 1.78. The molecule has 0 saturated heterocycles. The van der Waals surface area contributed by atoms with Crippen molar-refractivity contribution in [1.82, 2.24) is 5.43 Å². The van der Waals surface area contributed by atoms with Crippen LogP contribution in [0.4, 0.5) is 0 Å². The molecule has 4 heteroatoms. The summed E-state index contributed by atoms with van der Waals surface area (Å²) in [4.78, 5) is 0. The minimum Gasteiger partial charge on any atom is -0.466 e. The van der Waals surface area contributed by atoms with Crippen LogP contribution in [0.2, 0.25) is 0 Å². The molecule has 1 aromatic heterocycles. The summed E-state index contributed by atoms with van der Waals surface area (Å²) in [5.74, 6) is 6.39. The highest BCUT2D eigenvalue weighted by molar-refractivity contribution is 9.10. The molecule has 0 radical (unpaired) electrons. The fraction of sp³-hybridized carbons (Fsp3) is 0.231. The van der Waals surface area contributed by atoms with Gasteiger partial charge in [-0.05, 0) is 39.5 Å². The Bertz CT molecular complexity index is 478. The standard InChI is InChI=1S/C13H15BrN2O/c1-2-9-3-5-10(6-4-9)12(16-15)13-11(14)7-8-17-13/h3-8,12,16H,2,15H2,1H3. The Labute approximate surface area is 109 Å². The molecule has 0 fully saturated rings. The van der Waals surface area contributed by atoms with Crippen molar-refractivity contribution in [2.45, 2.75) is 19.4 Å². The molecule has 3 nitrogen and oxygen atoms in total. The average molecular weight is 295 g/mol. The summed E-state index contributed by atoms with van der Waals surface area (Å²) in [6.45, 7) is 2.14. The van der Waals surface area contributed by atoms with Crippen molar-refractivity contribution in [2.24, 2.45) is 5.84 Å². The van der Waals surface area contributed by atoms with Gasteiger partial charge in [-0.2, -0.15) is 0 Å². The van der Waals surface area contributed by atoms with Gasteiger partial charge in [-0.3, -0.25) is 5.84 Å². The van der Waals surface area contributed by atoms with E-state index in [2.05, 4.69) is 52.5 Å². The highest BCUT2D eigenvalue weighted by atomic mass is 79.9. The molecular weight excluding hydrogens is 280 g/mol. The number of hydrogen-bond donors (Lipinski definition) is 2. The van der Waals surface area contributed by atoms with Crippen LogP contribution in [-0.2, 0) is 6.42 Å². The predicted molar refractivity (Wildman–Crippen MR) is 71.4 cm³/mol. The van der Waals surface area contributed by atoms with Crippen molar-refractivity contribution in [2.75, 3.05) is 0 Å². The molecule has 1 unspecified atom stereocenters. The van der Waals surface area contributed by atoms with Gasteiger partial charge in [0.05, 0.1) is 10.7 Å². The summed E-state index contributed by atoms with van der Waals surface area (Å²) in [7, 11) is 0. The van der Waals surface area contributed by atoms with Crippen molar-refractivity contribution in [3.63, 3.8) is 0 Å². The van der Waals surface area contributed by atoms with Crippen LogP contribution in [0.5, 0.6) is 0 Å². The maximum Gasteiger partial charge on any atom is 0.140 e. The van der Waals surface area contributed by atoms with Crippen molar-refractivity contribution >= 4 is 15.9 Å². The number of benzene rings is 1. The Kier molecular flexibility index (Phi) is 3.99. The van der Waals surface area contributed by atoms with Crippen LogP contribution >= 0.6 is 15.9 Å². The molecule has 90 valence electrons. The van der Waals surface area contributed by atoms with Crippen LogP contribution in [0.15, 0.2) is 45.5 Å². The highest BCUT2D eigenvalue weighted by Crippen LogP contribution is 2.29. The molecule has 3 N–H and O–H groups in total. The number of hydrogen-bond acceptors (Lipinski definition) is 3. The second-order valence-electron chi connectivity index (χ2n) is 3.83. The maximum absolute atomic E-state index is 5.60. The van der Waals surface area contributed by atoms with E-state index in [9.17, 15) is 0 Å². The Morgan fingerprint density at radius 3 is 2.47 bits per heavy atom. The molecule has 0 saturated carbocycles. The van der Waals surface area contributed by atoms with Gasteiger partial charge >= 0.3 is 0 Å². The Morgan fingerprint density at radius 2 is 2.00 bits per heavy atom. The molecule has 2 rings (SSSR count). The molecule has 1 atom stereocenters. The summed E-state index contributed by atoms with van der Waals surface area (Å²) >= 11 is 3.44. The van der Waals surface area contributed by atoms with E-state index in [-0.39, 0.29) is 6.04 Å². The molecule has 0 bridgehead atoms. The first-order valence-electron chi connectivity index (χ1n) is 5.54. The molecule has 0 amide bonds. The average Bonchev–Trinajstić information content (AvgIpc) is 2.78. The molecular formula is C13H15BrN2O. The van der Waals surface area contributed by atoms with E-state index in [0.29, 0.717) is 0 Å². The molecule has 0 spiro atoms. The number of nitrogens with two attached hydrogens (primary N) is 1. The molecule has 17 heavy (non-hydrogen) atoms. The van der Waals surface area contributed by atoms with Crippen molar-refractivity contribution in [3.05, 3.63) is 58.0 Å². The third-order valence-electron chi connectivity index (χ3n) is 2.79. The van der Waals surface area contributed by atoms with E-state index >= 15 is 0 Å². The molecule has 1 heterocycles. The first kappa shape index (κ1) is 12.4. The molecule has 2 aromatic rings. The van der Waals surface area contributed by atoms with Crippen molar-refractivity contribution < 1.29 is 4.42 Å². The van der Waals surface area contributed by atoms with E-state index < -0.39 is 0 Å². The molecule has 0 aliphatic heterocycles. The summed E-state index contributed by atoms with van der Waals surface area (Å²) in [6, 6.07) is 10.1. The third-order valence-corrected chi connectivity index (χ3v) is 3.45. The van der Waals surface area contributed by atoms with Crippen molar-refractivity contribution in [1.29, 1.82) is 0 Å². The van der Waals surface area contributed by atoms with E-state index in [1.807, 2.05) is 6.07 Å². The Hall–Kier alpha value is -1.10. The number of nitrogens with one attached hydrogen (secondary N) is 1. The van der Waals surface area contributed by atoms with E-state index in [0.717, 1.165) is 22.2 Å². The third kappa shape index (κ3) is 2.60. The van der Waals surface area contributed by atoms with Gasteiger partial charge in [0, 0.05) is 0 Å². The lowest BCUT2D eigenvalue weighted by atomic mass is 10.0. The molecule has 0 aliphatic rings. The number of furan rings is 1. The lowest BCUT2D eigenvalue weighted by Gasteiger charge is -2.14. The first-order valence-corrected chi connectivity index (χ1v) is 6.33. The normalized spacial score (nSPS) is 12.6. The van der Waals surface area contributed by atoms with Crippen LogP contribution in [0.25, 0.3) is 0 Å². The van der Waals surface area contributed by atoms with Crippen LogP contribution < -0.4 is 11.3 Å². The van der Waals surface area contributed by atoms with Gasteiger partial charge in [0.25, 0.3) is 0 Å². The van der Waals surface area contributed by atoms with Crippen LogP contribution in [-0.4, -0.2) is 0 Å². The van der Waals surface area contributed by atoms with Crippen LogP contribution in [0.1, 0.15) is 29.9 Å². The number of hydrazine groups is 1. The van der Waals surface area contributed by atoms with Crippen LogP contribution in [0.3, 0.4) is 0 Å². The fourth-order valence-corrected chi connectivity index (χ4v) is 2.21. The number of rotatable bonds is 4. The van der Waals surface area contributed by atoms with E-state index in [1.54, 1.807) is 6.26 Å². The van der Waals surface area contributed by atoms with Gasteiger partial charge in [-0.15, -0.1) is 0 Å². The molecule has 0 aliphatic carbocycles. The van der Waals surface area contributed by atoms with E-state index in [1.165, 1.54) is 5.56 Å². The number of aryl methyl sites for hydroxylation is 1. The summed E-state index contributed by atoms with van der Waals surface area (Å²) in [5.41, 5.74) is 5.17. The monoisotopic (exact) mass is 294 g/mol. The Balaban J connectivity index is 2.32. The van der Waals surface area contributed by atoms with Gasteiger partial charge in [0.15, 0.2) is 0 Å². The van der Waals surface area contributed by atoms with Crippen LogP contribution in [0, 0.1) is 0 Å². The first-order chi connectivity index (χ1) is 8.26. The zero-order valence-electron chi connectivity index (χ0n) is 9.61. The smallest absolute Gasteiger partial charge is 0.140 e. The molecule has 1 aromatic carbocycles. The summed E-state index contributed by atoms with van der Waals surface area (Å²) in [6.07, 6.45) is 2.68. The van der Waals surface area contributed by atoms with Gasteiger partial charge < -0.3 is 4.42 Å². The maximum atomic E-state index is 5.60. The van der Waals surface area contributed by atoms with E-state index in [4.69, 9.17) is 10.3 Å². The number of halogens is 1. The van der Waals surface area contributed by atoms with Gasteiger partial charge in [0.2, 0.25) is 0 Å². The minimum absolute atomic E-state index is 0.134. The lowest BCUT2D eigenvalue weighted by molar-refractivity contribution is 0.450. The zero-order valence-corrected chi connectivity index (χ0v) is 11.2. The lowest BCUT2D eigenvalue weighted by Crippen LogP contribution is -2.28. The second kappa shape index (κ2) is 5.49. The predicted octanol–water partition coefficient (Wildman–Crippen LogP) is 3.16. The summed E-state index contributed by atoms with van der Waals surface area (Å²) in [5, 5.41) is 0. The largest absolute Gasteiger partial charge is 0.466 e. The minimum atomic E-state index is -0.134. The van der Waals surface area contributed by atoms with Gasteiger partial charge in [-0.1, -0.05) is 31.2 Å². The second-order valence-corrected chi connectivity index (χ2v) is 4.68.